The molecule has 0 aliphatic carbocycles. The number of hydrogen-bond acceptors (Lipinski definition) is 2. The first kappa shape index (κ1) is 13.4. The molecule has 0 bridgehead atoms. The topological polar surface area (TPSA) is 56.9 Å². The maximum atomic E-state index is 11.7. The molecule has 6 heteroatoms. The highest BCUT2D eigenvalue weighted by Crippen LogP contribution is 2.10. The van der Waals surface area contributed by atoms with E-state index in [1.165, 1.54) is 0 Å². The predicted molar refractivity (Wildman–Crippen MR) is 66.4 cm³/mol. The molecule has 3 N–H and O–H groups in total. The number of piperidine rings is 1. The van der Waals surface area contributed by atoms with Gasteiger partial charge in [0.25, 0.3) is 5.91 Å². The number of halogens is 2. The molecule has 0 saturated carbocycles. The van der Waals surface area contributed by atoms with Gasteiger partial charge < -0.3 is 15.6 Å². The molecule has 1 amide bonds. The molecule has 1 aromatic rings. The van der Waals surface area contributed by atoms with Gasteiger partial charge in [0.15, 0.2) is 0 Å². The van der Waals surface area contributed by atoms with Crippen LogP contribution in [0, 0.1) is 0 Å². The van der Waals surface area contributed by atoms with Crippen LogP contribution in [0.5, 0.6) is 0 Å². The van der Waals surface area contributed by atoms with Crippen LogP contribution in [-0.2, 0) is 0 Å². The molecule has 0 aromatic carbocycles. The molecule has 1 aliphatic rings. The van der Waals surface area contributed by atoms with E-state index in [1.54, 1.807) is 12.3 Å². The van der Waals surface area contributed by atoms with Gasteiger partial charge in [0.1, 0.15) is 5.69 Å². The van der Waals surface area contributed by atoms with E-state index in [0.717, 1.165) is 25.9 Å². The second-order valence-corrected chi connectivity index (χ2v) is 4.18. The minimum absolute atomic E-state index is 0. The summed E-state index contributed by atoms with van der Waals surface area (Å²) in [6.07, 6.45) is 3.75. The molecule has 0 spiro atoms. The Labute approximate surface area is 106 Å². The average molecular weight is 264 g/mol. The molecule has 0 radical (unpaired) electrons. The number of nitrogens with one attached hydrogen (secondary N) is 3. The van der Waals surface area contributed by atoms with E-state index in [-0.39, 0.29) is 24.4 Å². The summed E-state index contributed by atoms with van der Waals surface area (Å²) in [5, 5.41) is 6.76. The average Bonchev–Trinajstić information content (AvgIpc) is 2.66. The third kappa shape index (κ3) is 3.40. The Morgan fingerprint density at radius 1 is 1.56 bits per heavy atom. The van der Waals surface area contributed by atoms with Crippen molar-refractivity contribution in [2.75, 3.05) is 13.1 Å². The van der Waals surface area contributed by atoms with Gasteiger partial charge in [-0.25, -0.2) is 0 Å². The Kier molecular flexibility index (Phi) is 5.12. The Bertz CT molecular complexity index is 348. The van der Waals surface area contributed by atoms with Crippen molar-refractivity contribution < 1.29 is 4.79 Å². The Hall–Kier alpha value is -0.710. The van der Waals surface area contributed by atoms with Crippen LogP contribution in [-0.4, -0.2) is 30.0 Å². The summed E-state index contributed by atoms with van der Waals surface area (Å²) in [6.45, 7) is 1.89. The summed E-state index contributed by atoms with van der Waals surface area (Å²) in [5.41, 5.74) is 0.519. The van der Waals surface area contributed by atoms with E-state index >= 15 is 0 Å². The van der Waals surface area contributed by atoms with Gasteiger partial charge in [-0.05, 0) is 25.5 Å². The van der Waals surface area contributed by atoms with Crippen LogP contribution in [0.1, 0.15) is 23.3 Å². The van der Waals surface area contributed by atoms with Gasteiger partial charge in [-0.2, -0.15) is 0 Å². The molecular formula is C10H15Cl2N3O. The number of amides is 1. The zero-order chi connectivity index (χ0) is 10.7. The summed E-state index contributed by atoms with van der Waals surface area (Å²) in [5.74, 6) is -0.0874. The molecule has 16 heavy (non-hydrogen) atoms. The van der Waals surface area contributed by atoms with Gasteiger partial charge in [-0.3, -0.25) is 4.79 Å². The molecule has 1 atom stereocenters. The molecular weight excluding hydrogens is 249 g/mol. The van der Waals surface area contributed by atoms with Crippen LogP contribution in [0.15, 0.2) is 12.3 Å². The highest BCUT2D eigenvalue weighted by Gasteiger charge is 2.16. The lowest BCUT2D eigenvalue weighted by Gasteiger charge is -2.23. The molecule has 1 aliphatic heterocycles. The van der Waals surface area contributed by atoms with Gasteiger partial charge in [0.05, 0.1) is 5.02 Å². The van der Waals surface area contributed by atoms with Crippen molar-refractivity contribution >= 4 is 29.9 Å². The largest absolute Gasteiger partial charge is 0.356 e. The van der Waals surface area contributed by atoms with E-state index in [4.69, 9.17) is 11.6 Å². The smallest absolute Gasteiger partial charge is 0.268 e. The highest BCUT2D eigenvalue weighted by atomic mass is 35.5. The van der Waals surface area contributed by atoms with Crippen molar-refractivity contribution in [1.82, 2.24) is 15.6 Å². The minimum atomic E-state index is -0.0874. The summed E-state index contributed by atoms with van der Waals surface area (Å²) in [4.78, 5) is 14.5. The van der Waals surface area contributed by atoms with Crippen molar-refractivity contribution in [2.24, 2.45) is 0 Å². The fourth-order valence-electron chi connectivity index (χ4n) is 1.74. The predicted octanol–water partition coefficient (Wildman–Crippen LogP) is 1.57. The van der Waals surface area contributed by atoms with E-state index < -0.39 is 0 Å². The maximum Gasteiger partial charge on any atom is 0.268 e. The normalized spacial score (nSPS) is 19.9. The fraction of sp³-hybridized carbons (Fsp3) is 0.500. The summed E-state index contributed by atoms with van der Waals surface area (Å²) < 4.78 is 0. The molecule has 2 rings (SSSR count). The second kappa shape index (κ2) is 6.13. The summed E-state index contributed by atoms with van der Waals surface area (Å²) in [6, 6.07) is 1.86. The number of aromatic nitrogens is 1. The Balaban J connectivity index is 0.00000128. The lowest BCUT2D eigenvalue weighted by Crippen LogP contribution is -2.45. The maximum absolute atomic E-state index is 11.7. The Morgan fingerprint density at radius 2 is 2.38 bits per heavy atom. The first-order valence-corrected chi connectivity index (χ1v) is 5.49. The van der Waals surface area contributed by atoms with E-state index in [9.17, 15) is 4.79 Å². The molecule has 1 fully saturated rings. The molecule has 2 heterocycles. The SMILES string of the molecule is Cl.O=C(NC1CCCNC1)c1cc(Cl)c[nH]1. The molecule has 90 valence electrons. The van der Waals surface area contributed by atoms with E-state index in [1.807, 2.05) is 0 Å². The highest BCUT2D eigenvalue weighted by molar-refractivity contribution is 6.30. The van der Waals surface area contributed by atoms with Crippen LogP contribution in [0.3, 0.4) is 0 Å². The van der Waals surface area contributed by atoms with Crippen LogP contribution in [0.4, 0.5) is 0 Å². The first-order valence-electron chi connectivity index (χ1n) is 5.11. The summed E-state index contributed by atoms with van der Waals surface area (Å²) >= 11 is 5.72. The van der Waals surface area contributed by atoms with Crippen molar-refractivity contribution in [3.8, 4) is 0 Å². The van der Waals surface area contributed by atoms with Crippen molar-refractivity contribution in [3.63, 3.8) is 0 Å². The van der Waals surface area contributed by atoms with Crippen molar-refractivity contribution in [2.45, 2.75) is 18.9 Å². The molecule has 1 unspecified atom stereocenters. The monoisotopic (exact) mass is 263 g/mol. The number of H-pyrrole nitrogens is 1. The number of rotatable bonds is 2. The van der Waals surface area contributed by atoms with Crippen LogP contribution >= 0.6 is 24.0 Å². The fourth-order valence-corrected chi connectivity index (χ4v) is 1.90. The van der Waals surface area contributed by atoms with Crippen LogP contribution < -0.4 is 10.6 Å². The standard InChI is InChI=1S/C10H14ClN3O.ClH/c11-7-4-9(13-5-7)10(15)14-8-2-1-3-12-6-8;/h4-5,8,12-13H,1-3,6H2,(H,14,15);1H. The van der Waals surface area contributed by atoms with Gasteiger partial charge in [-0.1, -0.05) is 11.6 Å². The van der Waals surface area contributed by atoms with Gasteiger partial charge >= 0.3 is 0 Å². The second-order valence-electron chi connectivity index (χ2n) is 3.75. The number of hydrogen-bond donors (Lipinski definition) is 3. The third-order valence-corrected chi connectivity index (χ3v) is 2.74. The van der Waals surface area contributed by atoms with Crippen LogP contribution in [0.2, 0.25) is 5.02 Å². The number of carbonyl (C=O) groups is 1. The molecule has 1 aromatic heterocycles. The summed E-state index contributed by atoms with van der Waals surface area (Å²) in [7, 11) is 0. The lowest BCUT2D eigenvalue weighted by molar-refractivity contribution is 0.0926. The minimum Gasteiger partial charge on any atom is -0.356 e. The molecule has 1 saturated heterocycles. The number of carbonyl (C=O) groups excluding carboxylic acids is 1. The number of aromatic amines is 1. The van der Waals surface area contributed by atoms with Gasteiger partial charge in [0, 0.05) is 18.8 Å². The lowest BCUT2D eigenvalue weighted by atomic mass is 10.1. The zero-order valence-corrected chi connectivity index (χ0v) is 10.3. The van der Waals surface area contributed by atoms with Crippen molar-refractivity contribution in [1.29, 1.82) is 0 Å². The third-order valence-electron chi connectivity index (χ3n) is 2.52. The quantitative estimate of drug-likeness (QED) is 0.759. The van der Waals surface area contributed by atoms with Gasteiger partial charge in [-0.15, -0.1) is 12.4 Å². The van der Waals surface area contributed by atoms with Crippen molar-refractivity contribution in [3.05, 3.63) is 23.0 Å². The molecule has 4 nitrogen and oxygen atoms in total. The van der Waals surface area contributed by atoms with Crippen LogP contribution in [0.25, 0.3) is 0 Å². The van der Waals surface area contributed by atoms with Gasteiger partial charge in [0.2, 0.25) is 0 Å². The van der Waals surface area contributed by atoms with E-state index in [2.05, 4.69) is 15.6 Å². The Morgan fingerprint density at radius 3 is 2.94 bits per heavy atom. The zero-order valence-electron chi connectivity index (χ0n) is 8.75. The first-order chi connectivity index (χ1) is 7.25. The van der Waals surface area contributed by atoms with E-state index in [0.29, 0.717) is 10.7 Å².